The molecule has 1 N–H and O–H groups in total. The molecule has 1 saturated carbocycles. The molecule has 1 amide bonds. The smallest absolute Gasteiger partial charge is 0.253 e. The van der Waals surface area contributed by atoms with Gasteiger partial charge >= 0.3 is 0 Å². The van der Waals surface area contributed by atoms with Gasteiger partial charge in [0.2, 0.25) is 0 Å². The number of benzene rings is 2. The number of carbonyl (C=O) groups is 1. The molecule has 0 aromatic heterocycles. The lowest BCUT2D eigenvalue weighted by molar-refractivity contribution is -0.199. The molecule has 2 aromatic rings. The number of aliphatic hydroxyl groups is 1. The van der Waals surface area contributed by atoms with E-state index in [2.05, 4.69) is 0 Å². The van der Waals surface area contributed by atoms with Gasteiger partial charge in [0.25, 0.3) is 5.91 Å². The van der Waals surface area contributed by atoms with Crippen LogP contribution in [0.2, 0.25) is 0 Å². The molecule has 1 heterocycles. The molecule has 5 heteroatoms. The van der Waals surface area contributed by atoms with Gasteiger partial charge in [-0.05, 0) is 36.6 Å². The van der Waals surface area contributed by atoms with E-state index >= 15 is 0 Å². The van der Waals surface area contributed by atoms with Crippen LogP contribution in [0.15, 0.2) is 48.5 Å². The Labute approximate surface area is 165 Å². The van der Waals surface area contributed by atoms with Gasteiger partial charge in [-0.25, -0.2) is 0 Å². The van der Waals surface area contributed by atoms with E-state index in [1.807, 2.05) is 53.4 Å². The van der Waals surface area contributed by atoms with E-state index in [1.54, 1.807) is 14.2 Å². The summed E-state index contributed by atoms with van der Waals surface area (Å²) in [7, 11) is 3.37. The minimum Gasteiger partial charge on any atom is -0.496 e. The first-order valence-electron chi connectivity index (χ1n) is 9.82. The van der Waals surface area contributed by atoms with Gasteiger partial charge in [-0.15, -0.1) is 0 Å². The second-order valence-corrected chi connectivity index (χ2v) is 7.78. The molecule has 2 aromatic carbocycles. The van der Waals surface area contributed by atoms with Gasteiger partial charge in [-0.3, -0.25) is 4.79 Å². The number of hydrogen-bond donors (Lipinski definition) is 1. The standard InChI is InChI=1S/C23H27NO4/c1-27-19-6-4-3-5-18(19)16-7-9-17(10-8-16)22(26)24-13-11-23(12-14-24)20(25)15-21(23)28-2/h3-10,20-21,25H,11-15H2,1-2H3. The van der Waals surface area contributed by atoms with Crippen LogP contribution in [0.5, 0.6) is 5.75 Å². The van der Waals surface area contributed by atoms with Crippen LogP contribution in [0.4, 0.5) is 0 Å². The highest BCUT2D eigenvalue weighted by Gasteiger charge is 2.56. The number of ether oxygens (including phenoxy) is 2. The molecule has 1 saturated heterocycles. The number of likely N-dealkylation sites (tertiary alicyclic amines) is 1. The van der Waals surface area contributed by atoms with Crippen molar-refractivity contribution in [2.45, 2.75) is 31.5 Å². The fourth-order valence-electron chi connectivity index (χ4n) is 4.70. The van der Waals surface area contributed by atoms with Crippen molar-refractivity contribution in [3.63, 3.8) is 0 Å². The van der Waals surface area contributed by atoms with Gasteiger partial charge < -0.3 is 19.5 Å². The number of carbonyl (C=O) groups excluding carboxylic acids is 1. The fourth-order valence-corrected chi connectivity index (χ4v) is 4.70. The molecular weight excluding hydrogens is 354 g/mol. The van der Waals surface area contributed by atoms with Crippen molar-refractivity contribution in [2.24, 2.45) is 5.41 Å². The molecule has 4 rings (SSSR count). The lowest BCUT2D eigenvalue weighted by atomic mass is 9.58. The average Bonchev–Trinajstić information content (AvgIpc) is 2.77. The molecule has 148 valence electrons. The number of aliphatic hydroxyl groups excluding tert-OH is 1. The summed E-state index contributed by atoms with van der Waals surface area (Å²) in [6.45, 7) is 1.31. The van der Waals surface area contributed by atoms with Gasteiger partial charge in [0.1, 0.15) is 5.75 Å². The summed E-state index contributed by atoms with van der Waals surface area (Å²) in [4.78, 5) is 14.8. The summed E-state index contributed by atoms with van der Waals surface area (Å²) in [5.74, 6) is 0.860. The molecule has 0 radical (unpaired) electrons. The van der Waals surface area contributed by atoms with E-state index in [4.69, 9.17) is 9.47 Å². The van der Waals surface area contributed by atoms with Crippen molar-refractivity contribution < 1.29 is 19.4 Å². The van der Waals surface area contributed by atoms with E-state index in [9.17, 15) is 9.90 Å². The molecule has 2 aliphatic rings. The Bertz CT molecular complexity index is 840. The van der Waals surface area contributed by atoms with Crippen LogP contribution in [-0.4, -0.2) is 55.4 Å². The van der Waals surface area contributed by atoms with Crippen LogP contribution in [0.25, 0.3) is 11.1 Å². The van der Waals surface area contributed by atoms with Crippen LogP contribution < -0.4 is 4.74 Å². The van der Waals surface area contributed by atoms with Gasteiger partial charge in [0, 0.05) is 43.2 Å². The number of amides is 1. The Hall–Kier alpha value is -2.37. The van der Waals surface area contributed by atoms with E-state index < -0.39 is 0 Å². The van der Waals surface area contributed by atoms with Crippen molar-refractivity contribution in [1.29, 1.82) is 0 Å². The number of piperidine rings is 1. The minimum atomic E-state index is -0.310. The summed E-state index contributed by atoms with van der Waals surface area (Å²) in [5, 5.41) is 10.3. The first kappa shape index (κ1) is 19.0. The van der Waals surface area contributed by atoms with E-state index in [1.165, 1.54) is 0 Å². The zero-order valence-corrected chi connectivity index (χ0v) is 16.4. The quantitative estimate of drug-likeness (QED) is 0.882. The highest BCUT2D eigenvalue weighted by molar-refractivity contribution is 5.95. The van der Waals surface area contributed by atoms with Crippen molar-refractivity contribution in [3.8, 4) is 16.9 Å². The fraction of sp³-hybridized carbons (Fsp3) is 0.435. The molecule has 2 atom stereocenters. The normalized spacial score (nSPS) is 23.3. The zero-order chi connectivity index (χ0) is 19.7. The number of para-hydroxylation sites is 1. The zero-order valence-electron chi connectivity index (χ0n) is 16.4. The second kappa shape index (κ2) is 7.57. The Morgan fingerprint density at radius 1 is 1.07 bits per heavy atom. The van der Waals surface area contributed by atoms with Crippen molar-refractivity contribution >= 4 is 5.91 Å². The SMILES string of the molecule is COc1ccccc1-c1ccc(C(=O)N2CCC3(CC2)C(O)CC3OC)cc1. The van der Waals surface area contributed by atoms with E-state index in [0.29, 0.717) is 25.1 Å². The summed E-state index contributed by atoms with van der Waals surface area (Å²) in [6, 6.07) is 15.5. The van der Waals surface area contributed by atoms with Gasteiger partial charge in [-0.1, -0.05) is 30.3 Å². The van der Waals surface area contributed by atoms with Crippen LogP contribution >= 0.6 is 0 Å². The first-order valence-corrected chi connectivity index (χ1v) is 9.82. The molecule has 28 heavy (non-hydrogen) atoms. The third kappa shape index (κ3) is 3.09. The third-order valence-electron chi connectivity index (χ3n) is 6.56. The molecule has 0 bridgehead atoms. The Morgan fingerprint density at radius 3 is 2.36 bits per heavy atom. The highest BCUT2D eigenvalue weighted by Crippen LogP contribution is 2.50. The maximum absolute atomic E-state index is 12.9. The Morgan fingerprint density at radius 2 is 1.75 bits per heavy atom. The van der Waals surface area contributed by atoms with Crippen LogP contribution in [0.3, 0.4) is 0 Å². The predicted octanol–water partition coefficient (Wildman–Crippen LogP) is 3.36. The summed E-state index contributed by atoms with van der Waals surface area (Å²) in [5.41, 5.74) is 2.55. The number of rotatable bonds is 4. The summed E-state index contributed by atoms with van der Waals surface area (Å²) < 4.78 is 11.0. The minimum absolute atomic E-state index is 0.0456. The number of nitrogens with zero attached hydrogens (tertiary/aromatic N) is 1. The molecule has 1 spiro atoms. The number of hydrogen-bond acceptors (Lipinski definition) is 4. The monoisotopic (exact) mass is 381 g/mol. The molecule has 2 fully saturated rings. The molecule has 2 unspecified atom stereocenters. The summed E-state index contributed by atoms with van der Waals surface area (Å²) >= 11 is 0. The van der Waals surface area contributed by atoms with Crippen molar-refractivity contribution in [3.05, 3.63) is 54.1 Å². The van der Waals surface area contributed by atoms with Crippen LogP contribution in [-0.2, 0) is 4.74 Å². The molecule has 5 nitrogen and oxygen atoms in total. The van der Waals surface area contributed by atoms with Crippen molar-refractivity contribution in [2.75, 3.05) is 27.3 Å². The Kier molecular flexibility index (Phi) is 5.13. The maximum atomic E-state index is 12.9. The average molecular weight is 381 g/mol. The van der Waals surface area contributed by atoms with E-state index in [-0.39, 0.29) is 23.5 Å². The topological polar surface area (TPSA) is 59.0 Å². The van der Waals surface area contributed by atoms with Gasteiger partial charge in [0.05, 0.1) is 19.3 Å². The van der Waals surface area contributed by atoms with Crippen LogP contribution in [0, 0.1) is 5.41 Å². The largest absolute Gasteiger partial charge is 0.496 e. The summed E-state index contributed by atoms with van der Waals surface area (Å²) in [6.07, 6.45) is 2.08. The first-order chi connectivity index (χ1) is 13.6. The van der Waals surface area contributed by atoms with E-state index in [0.717, 1.165) is 29.7 Å². The molecule has 1 aliphatic carbocycles. The van der Waals surface area contributed by atoms with Crippen molar-refractivity contribution in [1.82, 2.24) is 4.90 Å². The molecule has 1 aliphatic heterocycles. The lowest BCUT2D eigenvalue weighted by Crippen LogP contribution is -2.62. The van der Waals surface area contributed by atoms with Gasteiger partial charge in [0.15, 0.2) is 0 Å². The Balaban J connectivity index is 1.45. The van der Waals surface area contributed by atoms with Gasteiger partial charge in [-0.2, -0.15) is 0 Å². The van der Waals surface area contributed by atoms with Crippen LogP contribution in [0.1, 0.15) is 29.6 Å². The predicted molar refractivity (Wildman–Crippen MR) is 107 cm³/mol. The second-order valence-electron chi connectivity index (χ2n) is 7.78. The molecular formula is C23H27NO4. The number of methoxy groups -OCH3 is 2. The third-order valence-corrected chi connectivity index (χ3v) is 6.56. The lowest BCUT2D eigenvalue weighted by Gasteiger charge is -2.56. The maximum Gasteiger partial charge on any atom is 0.253 e. The highest BCUT2D eigenvalue weighted by atomic mass is 16.5.